The minimum atomic E-state index is -0.526. The fourth-order valence-electron chi connectivity index (χ4n) is 3.11. The van der Waals surface area contributed by atoms with Gasteiger partial charge in [-0.15, -0.1) is 0 Å². The Morgan fingerprint density at radius 1 is 0.963 bits per heavy atom. The molecule has 0 amide bonds. The Labute approximate surface area is 161 Å². The second-order valence-electron chi connectivity index (χ2n) is 7.43. The van der Waals surface area contributed by atoms with E-state index in [0.29, 0.717) is 32.2 Å². The number of aliphatic hydroxyl groups is 1. The quantitative estimate of drug-likeness (QED) is 0.693. The molecule has 1 aliphatic rings. The summed E-state index contributed by atoms with van der Waals surface area (Å²) in [5.74, 6) is 2.04. The number of hydrogen-bond acceptors (Lipinski definition) is 5. The monoisotopic (exact) mass is 371 g/mol. The van der Waals surface area contributed by atoms with E-state index in [-0.39, 0.29) is 6.79 Å². The van der Waals surface area contributed by atoms with Gasteiger partial charge in [0.15, 0.2) is 11.5 Å². The molecule has 2 aromatic rings. The summed E-state index contributed by atoms with van der Waals surface area (Å²) in [7, 11) is 0. The van der Waals surface area contributed by atoms with Crippen molar-refractivity contribution >= 4 is 0 Å². The maximum absolute atomic E-state index is 10.4. The maximum Gasteiger partial charge on any atom is 0.231 e. The largest absolute Gasteiger partial charge is 0.454 e. The average molecular weight is 371 g/mol. The first-order chi connectivity index (χ1) is 13.1. The fourth-order valence-corrected chi connectivity index (χ4v) is 3.11. The molecule has 27 heavy (non-hydrogen) atoms. The molecule has 0 unspecified atom stereocenters. The highest BCUT2D eigenvalue weighted by atomic mass is 16.7. The van der Waals surface area contributed by atoms with Crippen LogP contribution in [-0.4, -0.2) is 42.7 Å². The molecule has 1 heterocycles. The van der Waals surface area contributed by atoms with E-state index >= 15 is 0 Å². The number of hydrogen-bond donors (Lipinski definition) is 1. The summed E-state index contributed by atoms with van der Waals surface area (Å²) in [4.78, 5) is 2.23. The van der Waals surface area contributed by atoms with E-state index in [1.165, 1.54) is 5.56 Å². The number of fused-ring (bicyclic) bond motifs is 1. The molecule has 0 spiro atoms. The third-order valence-corrected chi connectivity index (χ3v) is 4.32. The highest BCUT2D eigenvalue weighted by molar-refractivity contribution is 5.44. The van der Waals surface area contributed by atoms with E-state index in [2.05, 4.69) is 30.9 Å². The van der Waals surface area contributed by atoms with Gasteiger partial charge in [0.05, 0.1) is 12.7 Å². The lowest BCUT2D eigenvalue weighted by molar-refractivity contribution is 0.00554. The zero-order valence-corrected chi connectivity index (χ0v) is 16.1. The van der Waals surface area contributed by atoms with Crippen LogP contribution in [0, 0.1) is 5.92 Å². The lowest BCUT2D eigenvalue weighted by atomic mass is 10.1. The van der Waals surface area contributed by atoms with Crippen LogP contribution in [0.5, 0.6) is 11.5 Å². The SMILES string of the molecule is CC(C)COC[C@H](O)CN(Cc1ccccc1)Cc1ccc2c(c1)OCO2. The summed E-state index contributed by atoms with van der Waals surface area (Å²) in [6.45, 7) is 7.52. The van der Waals surface area contributed by atoms with Gasteiger partial charge in [0, 0.05) is 26.2 Å². The van der Waals surface area contributed by atoms with Gasteiger partial charge in [0.25, 0.3) is 0 Å². The minimum absolute atomic E-state index is 0.276. The number of ether oxygens (including phenoxy) is 3. The Kier molecular flexibility index (Phi) is 7.10. The third kappa shape index (κ3) is 6.24. The number of rotatable bonds is 10. The smallest absolute Gasteiger partial charge is 0.231 e. The van der Waals surface area contributed by atoms with Crippen LogP contribution in [-0.2, 0) is 17.8 Å². The molecule has 1 N–H and O–H groups in total. The molecular weight excluding hydrogens is 342 g/mol. The van der Waals surface area contributed by atoms with Crippen molar-refractivity contribution < 1.29 is 19.3 Å². The molecule has 0 aliphatic carbocycles. The van der Waals surface area contributed by atoms with Crippen molar-refractivity contribution in [3.8, 4) is 11.5 Å². The highest BCUT2D eigenvalue weighted by Gasteiger charge is 2.17. The van der Waals surface area contributed by atoms with Crippen LogP contribution in [0.4, 0.5) is 0 Å². The van der Waals surface area contributed by atoms with Crippen LogP contribution in [0.15, 0.2) is 48.5 Å². The number of nitrogens with zero attached hydrogens (tertiary/aromatic N) is 1. The molecule has 0 saturated heterocycles. The van der Waals surface area contributed by atoms with Crippen molar-refractivity contribution in [2.75, 3.05) is 26.6 Å². The lowest BCUT2D eigenvalue weighted by Gasteiger charge is -2.25. The van der Waals surface area contributed by atoms with Crippen molar-refractivity contribution in [2.24, 2.45) is 5.92 Å². The Morgan fingerprint density at radius 3 is 2.48 bits per heavy atom. The van der Waals surface area contributed by atoms with Gasteiger partial charge in [-0.2, -0.15) is 0 Å². The molecule has 0 saturated carbocycles. The Balaban J connectivity index is 1.63. The number of aliphatic hydroxyl groups excluding tert-OH is 1. The van der Waals surface area contributed by atoms with Crippen LogP contribution in [0.2, 0.25) is 0 Å². The van der Waals surface area contributed by atoms with E-state index < -0.39 is 6.10 Å². The summed E-state index contributed by atoms with van der Waals surface area (Å²) in [6, 6.07) is 16.3. The summed E-state index contributed by atoms with van der Waals surface area (Å²) >= 11 is 0. The molecule has 0 fully saturated rings. The summed E-state index contributed by atoms with van der Waals surface area (Å²) in [5.41, 5.74) is 2.35. The molecule has 5 heteroatoms. The minimum Gasteiger partial charge on any atom is -0.454 e. The molecule has 0 aromatic heterocycles. The van der Waals surface area contributed by atoms with Crippen LogP contribution >= 0.6 is 0 Å². The summed E-state index contributed by atoms with van der Waals surface area (Å²) < 4.78 is 16.5. The Bertz CT molecular complexity index is 705. The van der Waals surface area contributed by atoms with Gasteiger partial charge < -0.3 is 19.3 Å². The van der Waals surface area contributed by atoms with Gasteiger partial charge in [0.2, 0.25) is 6.79 Å². The highest BCUT2D eigenvalue weighted by Crippen LogP contribution is 2.32. The molecule has 3 rings (SSSR count). The van der Waals surface area contributed by atoms with Gasteiger partial charge in [-0.3, -0.25) is 4.90 Å². The van der Waals surface area contributed by atoms with Crippen molar-refractivity contribution in [1.29, 1.82) is 0 Å². The van der Waals surface area contributed by atoms with E-state index in [4.69, 9.17) is 14.2 Å². The second kappa shape index (κ2) is 9.74. The van der Waals surface area contributed by atoms with Gasteiger partial charge in [-0.25, -0.2) is 0 Å². The van der Waals surface area contributed by atoms with Crippen molar-refractivity contribution in [3.05, 3.63) is 59.7 Å². The maximum atomic E-state index is 10.4. The lowest BCUT2D eigenvalue weighted by Crippen LogP contribution is -2.34. The van der Waals surface area contributed by atoms with Gasteiger partial charge >= 0.3 is 0 Å². The van der Waals surface area contributed by atoms with Gasteiger partial charge in [-0.05, 0) is 29.2 Å². The molecule has 1 aliphatic heterocycles. The van der Waals surface area contributed by atoms with Crippen LogP contribution in [0.25, 0.3) is 0 Å². The van der Waals surface area contributed by atoms with Gasteiger partial charge in [-0.1, -0.05) is 50.2 Å². The summed E-state index contributed by atoms with van der Waals surface area (Å²) in [6.07, 6.45) is -0.526. The van der Waals surface area contributed by atoms with Crippen LogP contribution in [0.1, 0.15) is 25.0 Å². The van der Waals surface area contributed by atoms with Crippen LogP contribution in [0.3, 0.4) is 0 Å². The van der Waals surface area contributed by atoms with E-state index in [1.54, 1.807) is 0 Å². The molecule has 2 aromatic carbocycles. The number of benzene rings is 2. The first-order valence-electron chi connectivity index (χ1n) is 9.51. The molecule has 1 atom stereocenters. The third-order valence-electron chi connectivity index (χ3n) is 4.32. The summed E-state index contributed by atoms with van der Waals surface area (Å²) in [5, 5.41) is 10.4. The second-order valence-corrected chi connectivity index (χ2v) is 7.43. The molecule has 0 bridgehead atoms. The van der Waals surface area contributed by atoms with Crippen molar-refractivity contribution in [3.63, 3.8) is 0 Å². The van der Waals surface area contributed by atoms with Crippen molar-refractivity contribution in [1.82, 2.24) is 4.90 Å². The average Bonchev–Trinajstić information content (AvgIpc) is 3.10. The zero-order chi connectivity index (χ0) is 19.1. The predicted octanol–water partition coefficient (Wildman–Crippen LogP) is 3.45. The van der Waals surface area contributed by atoms with Crippen molar-refractivity contribution in [2.45, 2.75) is 33.0 Å². The zero-order valence-electron chi connectivity index (χ0n) is 16.1. The van der Waals surface area contributed by atoms with Gasteiger partial charge in [0.1, 0.15) is 0 Å². The first-order valence-corrected chi connectivity index (χ1v) is 9.51. The Morgan fingerprint density at radius 2 is 1.70 bits per heavy atom. The standard InChI is InChI=1S/C22H29NO4/c1-17(2)14-25-15-20(24)13-23(11-18-6-4-3-5-7-18)12-19-8-9-21-22(10-19)27-16-26-21/h3-10,17,20,24H,11-16H2,1-2H3/t20-/m1/s1. The van der Waals surface area contributed by atoms with Crippen LogP contribution < -0.4 is 9.47 Å². The first kappa shape index (κ1) is 19.7. The molecular formula is C22H29NO4. The molecule has 0 radical (unpaired) electrons. The topological polar surface area (TPSA) is 51.2 Å². The predicted molar refractivity (Wildman–Crippen MR) is 105 cm³/mol. The normalized spacial score (nSPS) is 14.1. The van der Waals surface area contributed by atoms with E-state index in [1.807, 2.05) is 36.4 Å². The van der Waals surface area contributed by atoms with E-state index in [9.17, 15) is 5.11 Å². The Hall–Kier alpha value is -2.08. The fraction of sp³-hybridized carbons (Fsp3) is 0.455. The van der Waals surface area contributed by atoms with E-state index in [0.717, 1.165) is 23.6 Å². The molecule has 5 nitrogen and oxygen atoms in total. The molecule has 146 valence electrons.